The standard InChI is InChI=1S/C14H23N3O2/c1-16(10-6-9-15)13(18)8-12-17-11-5-3-2-4-7-14(17)19/h2-8,10-12H2,1H3. The number of carbonyl (C=O) groups is 2. The highest BCUT2D eigenvalue weighted by Gasteiger charge is 2.17. The molecule has 0 unspecified atom stereocenters. The van der Waals surface area contributed by atoms with Gasteiger partial charge in [-0.25, -0.2) is 0 Å². The summed E-state index contributed by atoms with van der Waals surface area (Å²) in [5, 5.41) is 8.48. The van der Waals surface area contributed by atoms with E-state index in [1.165, 1.54) is 6.42 Å². The molecule has 0 radical (unpaired) electrons. The first-order valence-corrected chi connectivity index (χ1v) is 7.04. The molecule has 106 valence electrons. The third-order valence-electron chi connectivity index (χ3n) is 3.50. The fourth-order valence-electron chi connectivity index (χ4n) is 2.22. The molecule has 0 aromatic heterocycles. The molecule has 1 aliphatic heterocycles. The Labute approximate surface area is 115 Å². The number of carbonyl (C=O) groups excluding carboxylic acids is 2. The summed E-state index contributed by atoms with van der Waals surface area (Å²) in [5.74, 6) is 0.178. The number of rotatable bonds is 5. The Morgan fingerprint density at radius 1 is 1.37 bits per heavy atom. The van der Waals surface area contributed by atoms with Gasteiger partial charge < -0.3 is 9.80 Å². The molecule has 5 nitrogen and oxygen atoms in total. The summed E-state index contributed by atoms with van der Waals surface area (Å²) in [6.07, 6.45) is 5.61. The van der Waals surface area contributed by atoms with Crippen LogP contribution in [0.5, 0.6) is 0 Å². The lowest BCUT2D eigenvalue weighted by atomic mass is 10.1. The average Bonchev–Trinajstić information content (AvgIpc) is 2.39. The average molecular weight is 265 g/mol. The normalized spacial score (nSPS) is 16.4. The zero-order valence-electron chi connectivity index (χ0n) is 11.7. The minimum atomic E-state index is 0.00473. The molecule has 5 heteroatoms. The fourth-order valence-corrected chi connectivity index (χ4v) is 2.22. The van der Waals surface area contributed by atoms with Gasteiger partial charge in [0.1, 0.15) is 0 Å². The second-order valence-electron chi connectivity index (χ2n) is 5.02. The minimum Gasteiger partial charge on any atom is -0.345 e. The summed E-state index contributed by atoms with van der Waals surface area (Å²) < 4.78 is 0. The molecule has 0 saturated carbocycles. The van der Waals surface area contributed by atoms with Gasteiger partial charge in [0, 0.05) is 39.5 Å². The van der Waals surface area contributed by atoms with Crippen molar-refractivity contribution in [2.45, 2.75) is 44.9 Å². The summed E-state index contributed by atoms with van der Waals surface area (Å²) >= 11 is 0. The molecular formula is C14H23N3O2. The summed E-state index contributed by atoms with van der Waals surface area (Å²) in [7, 11) is 1.70. The Hall–Kier alpha value is -1.57. The molecular weight excluding hydrogens is 242 g/mol. The summed E-state index contributed by atoms with van der Waals surface area (Å²) in [6, 6.07) is 2.02. The molecule has 1 saturated heterocycles. The largest absolute Gasteiger partial charge is 0.345 e. The van der Waals surface area contributed by atoms with Crippen LogP contribution < -0.4 is 0 Å². The Morgan fingerprint density at radius 3 is 2.84 bits per heavy atom. The number of amides is 2. The lowest BCUT2D eigenvalue weighted by molar-refractivity contribution is -0.134. The molecule has 1 rings (SSSR count). The van der Waals surface area contributed by atoms with E-state index in [0.717, 1.165) is 25.8 Å². The Balaban J connectivity index is 2.34. The van der Waals surface area contributed by atoms with Crippen LogP contribution >= 0.6 is 0 Å². The predicted molar refractivity (Wildman–Crippen MR) is 72.1 cm³/mol. The molecule has 0 N–H and O–H groups in total. The van der Waals surface area contributed by atoms with Crippen molar-refractivity contribution >= 4 is 11.8 Å². The summed E-state index contributed by atoms with van der Waals surface area (Å²) in [4.78, 5) is 27.1. The van der Waals surface area contributed by atoms with Crippen LogP contribution in [-0.4, -0.2) is 48.3 Å². The van der Waals surface area contributed by atoms with E-state index in [-0.39, 0.29) is 11.8 Å². The molecule has 0 aromatic rings. The Morgan fingerprint density at radius 2 is 2.11 bits per heavy atom. The molecule has 1 fully saturated rings. The van der Waals surface area contributed by atoms with Crippen LogP contribution in [0, 0.1) is 11.3 Å². The first kappa shape index (κ1) is 15.5. The van der Waals surface area contributed by atoms with E-state index in [4.69, 9.17) is 5.26 Å². The van der Waals surface area contributed by atoms with Gasteiger partial charge in [-0.05, 0) is 12.8 Å². The van der Waals surface area contributed by atoms with Crippen LogP contribution in [0.2, 0.25) is 0 Å². The third kappa shape index (κ3) is 5.73. The summed E-state index contributed by atoms with van der Waals surface area (Å²) in [6.45, 7) is 1.74. The third-order valence-corrected chi connectivity index (χ3v) is 3.50. The smallest absolute Gasteiger partial charge is 0.224 e. The highest BCUT2D eigenvalue weighted by atomic mass is 16.2. The monoisotopic (exact) mass is 265 g/mol. The highest BCUT2D eigenvalue weighted by molar-refractivity contribution is 5.79. The molecule has 1 aliphatic rings. The van der Waals surface area contributed by atoms with Gasteiger partial charge in [-0.15, -0.1) is 0 Å². The van der Waals surface area contributed by atoms with Crippen molar-refractivity contribution in [2.75, 3.05) is 26.7 Å². The molecule has 19 heavy (non-hydrogen) atoms. The van der Waals surface area contributed by atoms with E-state index in [1.54, 1.807) is 11.9 Å². The van der Waals surface area contributed by atoms with Crippen molar-refractivity contribution in [2.24, 2.45) is 0 Å². The molecule has 1 heterocycles. The zero-order valence-corrected chi connectivity index (χ0v) is 11.7. The second-order valence-corrected chi connectivity index (χ2v) is 5.02. The van der Waals surface area contributed by atoms with E-state index < -0.39 is 0 Å². The number of nitrogens with zero attached hydrogens (tertiary/aromatic N) is 3. The lowest BCUT2D eigenvalue weighted by Crippen LogP contribution is -2.37. The van der Waals surface area contributed by atoms with Crippen molar-refractivity contribution < 1.29 is 9.59 Å². The molecule has 0 aromatic carbocycles. The van der Waals surface area contributed by atoms with Gasteiger partial charge in [0.05, 0.1) is 12.5 Å². The topological polar surface area (TPSA) is 64.4 Å². The van der Waals surface area contributed by atoms with Crippen LogP contribution in [0.15, 0.2) is 0 Å². The quantitative estimate of drug-likeness (QED) is 0.757. The molecule has 0 bridgehead atoms. The number of hydrogen-bond donors (Lipinski definition) is 0. The highest BCUT2D eigenvalue weighted by Crippen LogP contribution is 2.12. The maximum Gasteiger partial charge on any atom is 0.224 e. The second kappa shape index (κ2) is 8.52. The molecule has 0 aliphatic carbocycles. The maximum atomic E-state index is 11.9. The van der Waals surface area contributed by atoms with E-state index >= 15 is 0 Å². The van der Waals surface area contributed by atoms with Crippen LogP contribution in [0.4, 0.5) is 0 Å². The first-order chi connectivity index (χ1) is 9.15. The number of hydrogen-bond acceptors (Lipinski definition) is 3. The van der Waals surface area contributed by atoms with Crippen molar-refractivity contribution in [1.29, 1.82) is 5.26 Å². The SMILES string of the molecule is CN(CCC#N)C(=O)CCN1CCCCCCC1=O. The van der Waals surface area contributed by atoms with Gasteiger partial charge >= 0.3 is 0 Å². The fraction of sp³-hybridized carbons (Fsp3) is 0.786. The van der Waals surface area contributed by atoms with Crippen LogP contribution in [0.1, 0.15) is 44.9 Å². The van der Waals surface area contributed by atoms with Crippen molar-refractivity contribution in [3.8, 4) is 6.07 Å². The van der Waals surface area contributed by atoms with Crippen LogP contribution in [0.25, 0.3) is 0 Å². The maximum absolute atomic E-state index is 11.9. The predicted octanol–water partition coefficient (Wildman–Crippen LogP) is 1.54. The number of nitriles is 1. The van der Waals surface area contributed by atoms with Gasteiger partial charge in [0.2, 0.25) is 11.8 Å². The van der Waals surface area contributed by atoms with Gasteiger partial charge in [-0.2, -0.15) is 5.26 Å². The van der Waals surface area contributed by atoms with Crippen LogP contribution in [0.3, 0.4) is 0 Å². The van der Waals surface area contributed by atoms with Crippen molar-refractivity contribution in [3.05, 3.63) is 0 Å². The lowest BCUT2D eigenvalue weighted by Gasteiger charge is -2.25. The van der Waals surface area contributed by atoms with E-state index in [0.29, 0.717) is 32.4 Å². The van der Waals surface area contributed by atoms with Gasteiger partial charge in [-0.3, -0.25) is 9.59 Å². The molecule has 2 amide bonds. The number of likely N-dealkylation sites (tertiary alicyclic amines) is 1. The van der Waals surface area contributed by atoms with Gasteiger partial charge in [0.25, 0.3) is 0 Å². The molecule has 0 atom stereocenters. The van der Waals surface area contributed by atoms with Gasteiger partial charge in [0.15, 0.2) is 0 Å². The Kier molecular flexibility index (Phi) is 6.94. The first-order valence-electron chi connectivity index (χ1n) is 7.04. The van der Waals surface area contributed by atoms with E-state index in [1.807, 2.05) is 11.0 Å². The van der Waals surface area contributed by atoms with Gasteiger partial charge in [-0.1, -0.05) is 12.8 Å². The molecule has 0 spiro atoms. The minimum absolute atomic E-state index is 0.00473. The Bertz CT molecular complexity index is 349. The summed E-state index contributed by atoms with van der Waals surface area (Å²) in [5.41, 5.74) is 0. The van der Waals surface area contributed by atoms with E-state index in [2.05, 4.69) is 0 Å². The van der Waals surface area contributed by atoms with Crippen molar-refractivity contribution in [1.82, 2.24) is 9.80 Å². The van der Waals surface area contributed by atoms with Crippen LogP contribution in [-0.2, 0) is 9.59 Å². The van der Waals surface area contributed by atoms with E-state index in [9.17, 15) is 9.59 Å². The van der Waals surface area contributed by atoms with Crippen molar-refractivity contribution in [3.63, 3.8) is 0 Å². The zero-order chi connectivity index (χ0) is 14.1.